The van der Waals surface area contributed by atoms with Crippen molar-refractivity contribution in [3.63, 3.8) is 0 Å². The number of fused-ring (bicyclic) bond motifs is 30. The Bertz CT molecular complexity index is 5850. The third-order valence-electron chi connectivity index (χ3n) is 23.9. The second-order valence-corrected chi connectivity index (χ2v) is 28.7. The molecule has 6 aliphatic carbocycles. The van der Waals surface area contributed by atoms with Crippen molar-refractivity contribution in [2.75, 3.05) is 9.80 Å². The maximum absolute atomic E-state index is 16.2. The normalized spacial score (nSPS) is 14.0. The van der Waals surface area contributed by atoms with E-state index in [2.05, 4.69) is 362 Å². The smallest absolute Gasteiger partial charge is 0.193 e. The van der Waals surface area contributed by atoms with Gasteiger partial charge in [-0.25, -0.2) is 0 Å². The van der Waals surface area contributed by atoms with E-state index in [1.54, 1.807) is 0 Å². The lowest BCUT2D eigenvalue weighted by atomic mass is 9.69. The van der Waals surface area contributed by atoms with E-state index in [0.717, 1.165) is 112 Å². The highest BCUT2D eigenvalue weighted by Crippen LogP contribution is 2.67. The first kappa shape index (κ1) is 59.2. The monoisotopic (exact) mass is 1330 g/mol. The minimum atomic E-state index is -0.873. The predicted octanol–water partition coefficient (Wildman–Crippen LogP) is 24.1. The average Bonchev–Trinajstić information content (AvgIpc) is 1.52. The molecule has 0 amide bonds. The molecule has 6 aliphatic rings. The summed E-state index contributed by atoms with van der Waals surface area (Å²) in [5.74, 6) is -0.115. The summed E-state index contributed by atoms with van der Waals surface area (Å²) >= 11 is 0. The quantitative estimate of drug-likeness (QED) is 0.128. The standard InChI is InChI=1S/C101H62N2O2/c104-97(65-47-53-81-83-55-49-71(102(67-25-5-1-6-26-67)68-27-7-2-8-28-68)61-95(83)100(93(81)59-65)87-41-21-15-35-75(87)76-36-16-22-42-88(76)100)63-45-51-79-80-52-46-64(58-92(80)99(91(79)57-63)85-39-19-13-33-73(85)74-34-14-20-40-86(74)99)98(105)66-48-54-82-84-56-50-72(103(69-29-9-3-10-30-69)70-31-11-4-12-32-70)62-96(84)101(94(82)60-66)89-43-23-17-37-77(89)78-38-18-24-44-90(78)101/h1-62H. The molecular weight excluding hydrogens is 1270 g/mol. The van der Waals surface area contributed by atoms with Gasteiger partial charge in [-0.2, -0.15) is 0 Å². The molecule has 0 N–H and O–H groups in total. The van der Waals surface area contributed by atoms with Gasteiger partial charge in [0.05, 0.1) is 16.2 Å². The zero-order chi connectivity index (χ0) is 69.3. The number of anilines is 6. The summed E-state index contributed by atoms with van der Waals surface area (Å²) in [6, 6.07) is 135. The van der Waals surface area contributed by atoms with Crippen LogP contribution in [0.2, 0.25) is 0 Å². The Balaban J connectivity index is 0.681. The van der Waals surface area contributed by atoms with Crippen molar-refractivity contribution in [3.8, 4) is 66.8 Å². The molecule has 0 heterocycles. The molecule has 0 fully saturated rings. The molecule has 0 aromatic heterocycles. The highest BCUT2D eigenvalue weighted by molar-refractivity contribution is 6.13. The molecule has 0 aliphatic heterocycles. The predicted molar refractivity (Wildman–Crippen MR) is 424 cm³/mol. The number of hydrogen-bond acceptors (Lipinski definition) is 4. The third kappa shape index (κ3) is 7.95. The first-order chi connectivity index (χ1) is 51.9. The van der Waals surface area contributed by atoms with Crippen LogP contribution in [0.1, 0.15) is 98.6 Å². The van der Waals surface area contributed by atoms with Crippen molar-refractivity contribution >= 4 is 45.7 Å². The van der Waals surface area contributed by atoms with Crippen LogP contribution in [0.5, 0.6) is 0 Å². The number of nitrogens with zero attached hydrogens (tertiary/aromatic N) is 2. The summed E-state index contributed by atoms with van der Waals surface area (Å²) in [7, 11) is 0. The molecule has 0 saturated carbocycles. The second-order valence-electron chi connectivity index (χ2n) is 28.7. The van der Waals surface area contributed by atoms with Gasteiger partial charge >= 0.3 is 0 Å². The topological polar surface area (TPSA) is 40.6 Å². The van der Waals surface area contributed by atoms with Crippen LogP contribution >= 0.6 is 0 Å². The summed E-state index contributed by atoms with van der Waals surface area (Å²) in [6.07, 6.45) is 0. The van der Waals surface area contributed by atoms with Gasteiger partial charge in [-0.3, -0.25) is 9.59 Å². The number of benzene rings is 16. The summed E-state index contributed by atoms with van der Waals surface area (Å²) < 4.78 is 0. The van der Waals surface area contributed by atoms with Gasteiger partial charge in [0.15, 0.2) is 11.6 Å². The van der Waals surface area contributed by atoms with E-state index in [9.17, 15) is 0 Å². The molecule has 4 nitrogen and oxygen atoms in total. The van der Waals surface area contributed by atoms with Crippen LogP contribution in [0.3, 0.4) is 0 Å². The molecule has 0 bridgehead atoms. The van der Waals surface area contributed by atoms with Crippen molar-refractivity contribution in [3.05, 3.63) is 465 Å². The van der Waals surface area contributed by atoms with Crippen LogP contribution in [0, 0.1) is 0 Å². The number of hydrogen-bond donors (Lipinski definition) is 0. The minimum absolute atomic E-state index is 0.0576. The van der Waals surface area contributed by atoms with Crippen LogP contribution < -0.4 is 9.80 Å². The van der Waals surface area contributed by atoms with Crippen LogP contribution in [0.25, 0.3) is 66.8 Å². The fraction of sp³-hybridized carbons (Fsp3) is 0.0297. The lowest BCUT2D eigenvalue weighted by molar-refractivity contribution is 0.103. The van der Waals surface area contributed by atoms with Gasteiger partial charge in [0.2, 0.25) is 0 Å². The summed E-state index contributed by atoms with van der Waals surface area (Å²) in [4.78, 5) is 37.1. The zero-order valence-corrected chi connectivity index (χ0v) is 57.0. The average molecular weight is 1340 g/mol. The Morgan fingerprint density at radius 3 is 0.571 bits per heavy atom. The molecule has 16 aromatic carbocycles. The van der Waals surface area contributed by atoms with Gasteiger partial charge in [0.25, 0.3) is 0 Å². The minimum Gasteiger partial charge on any atom is -0.310 e. The number of para-hydroxylation sites is 4. The van der Waals surface area contributed by atoms with E-state index in [0.29, 0.717) is 22.3 Å². The van der Waals surface area contributed by atoms with Crippen molar-refractivity contribution in [1.29, 1.82) is 0 Å². The first-order valence-electron chi connectivity index (χ1n) is 36.3. The van der Waals surface area contributed by atoms with Gasteiger partial charge in [0.1, 0.15) is 0 Å². The highest BCUT2D eigenvalue weighted by atomic mass is 16.1. The van der Waals surface area contributed by atoms with E-state index in [1.165, 1.54) is 55.6 Å². The molecule has 3 spiro atoms. The Hall–Kier alpha value is -13.5. The first-order valence-corrected chi connectivity index (χ1v) is 36.3. The maximum Gasteiger partial charge on any atom is 0.193 e. The van der Waals surface area contributed by atoms with E-state index in [1.807, 2.05) is 24.3 Å². The SMILES string of the molecule is O=C(c1ccc2c(c1)C1(c3ccccc3-c3ccccc31)c1cc(C(=O)c3ccc4c(c3)C3(c5ccccc5-c5ccccc53)c3cc(N(c5ccccc5)c5ccccc5)ccc3-4)ccc1-2)c1ccc2c(c1)C1(c3ccccc3-c3ccccc31)c1cc(N(c3ccccc3)c3ccccc3)ccc1-2. The molecule has 16 aromatic rings. The van der Waals surface area contributed by atoms with Gasteiger partial charge in [0, 0.05) is 56.4 Å². The second kappa shape index (κ2) is 22.2. The van der Waals surface area contributed by atoms with Crippen LogP contribution in [0.15, 0.2) is 376 Å². The van der Waals surface area contributed by atoms with Crippen molar-refractivity contribution < 1.29 is 9.59 Å². The summed E-state index contributed by atoms with van der Waals surface area (Å²) in [5.41, 5.74) is 33.7. The molecule has 0 radical (unpaired) electrons. The highest BCUT2D eigenvalue weighted by Gasteiger charge is 2.56. The molecule has 488 valence electrons. The fourth-order valence-electron chi connectivity index (χ4n) is 19.8. The van der Waals surface area contributed by atoms with Crippen molar-refractivity contribution in [1.82, 2.24) is 0 Å². The molecule has 0 atom stereocenters. The van der Waals surface area contributed by atoms with E-state index in [4.69, 9.17) is 0 Å². The van der Waals surface area contributed by atoms with Gasteiger partial charge in [-0.05, 0) is 231 Å². The van der Waals surface area contributed by atoms with Crippen LogP contribution in [-0.2, 0) is 16.2 Å². The lowest BCUT2D eigenvalue weighted by Crippen LogP contribution is -2.27. The Kier molecular flexibility index (Phi) is 12.5. The largest absolute Gasteiger partial charge is 0.310 e. The molecular formula is C101H62N2O2. The van der Waals surface area contributed by atoms with Crippen LogP contribution in [0.4, 0.5) is 34.1 Å². The Morgan fingerprint density at radius 1 is 0.162 bits per heavy atom. The lowest BCUT2D eigenvalue weighted by Gasteiger charge is -2.32. The zero-order valence-electron chi connectivity index (χ0n) is 57.0. The molecule has 0 unspecified atom stereocenters. The van der Waals surface area contributed by atoms with Gasteiger partial charge in [-0.15, -0.1) is 0 Å². The maximum atomic E-state index is 16.2. The number of rotatable bonds is 10. The fourth-order valence-corrected chi connectivity index (χ4v) is 19.8. The van der Waals surface area contributed by atoms with Crippen LogP contribution in [-0.4, -0.2) is 11.6 Å². The Morgan fingerprint density at radius 2 is 0.343 bits per heavy atom. The Labute approximate surface area is 609 Å². The van der Waals surface area contributed by atoms with E-state index >= 15 is 9.59 Å². The number of carbonyl (C=O) groups is 2. The number of carbonyl (C=O) groups excluding carboxylic acids is 2. The molecule has 22 rings (SSSR count). The third-order valence-corrected chi connectivity index (χ3v) is 23.9. The van der Waals surface area contributed by atoms with Crippen molar-refractivity contribution in [2.45, 2.75) is 16.2 Å². The molecule has 0 saturated heterocycles. The number of ketones is 2. The van der Waals surface area contributed by atoms with E-state index < -0.39 is 16.2 Å². The van der Waals surface area contributed by atoms with Gasteiger partial charge < -0.3 is 9.80 Å². The summed E-state index contributed by atoms with van der Waals surface area (Å²) in [6.45, 7) is 0. The van der Waals surface area contributed by atoms with Crippen molar-refractivity contribution in [2.24, 2.45) is 0 Å². The molecule has 105 heavy (non-hydrogen) atoms. The van der Waals surface area contributed by atoms with Gasteiger partial charge in [-0.1, -0.05) is 279 Å². The van der Waals surface area contributed by atoms with E-state index in [-0.39, 0.29) is 11.6 Å². The molecule has 4 heteroatoms. The summed E-state index contributed by atoms with van der Waals surface area (Å²) in [5, 5.41) is 0.